The molecule has 34 heavy (non-hydrogen) atoms. The number of hydrogen-bond donors (Lipinski definition) is 1. The molecule has 1 atom stereocenters. The van der Waals surface area contributed by atoms with Crippen molar-refractivity contribution in [2.45, 2.75) is 25.9 Å². The maximum Gasteiger partial charge on any atom is 0.227 e. The van der Waals surface area contributed by atoms with Crippen molar-refractivity contribution >= 4 is 34.3 Å². The summed E-state index contributed by atoms with van der Waals surface area (Å²) in [6.45, 7) is 7.86. The highest BCUT2D eigenvalue weighted by Gasteiger charge is 2.27. The molecule has 2 heterocycles. The lowest BCUT2D eigenvalue weighted by Gasteiger charge is -2.40. The third kappa shape index (κ3) is 4.86. The molecule has 1 saturated heterocycles. The van der Waals surface area contributed by atoms with Gasteiger partial charge in [0, 0.05) is 42.6 Å². The van der Waals surface area contributed by atoms with Crippen LogP contribution in [0, 0.1) is 0 Å². The number of rotatable bonds is 6. The first-order valence-corrected chi connectivity index (χ1v) is 12.3. The molecule has 0 spiro atoms. The number of para-hydroxylation sites is 1. The van der Waals surface area contributed by atoms with Gasteiger partial charge in [-0.25, -0.2) is 4.98 Å². The highest BCUT2D eigenvalue weighted by atomic mass is 35.5. The highest BCUT2D eigenvalue weighted by Crippen LogP contribution is 2.31. The molecule has 6 heteroatoms. The fraction of sp³-hybridized carbons (Fsp3) is 0.286. The van der Waals surface area contributed by atoms with Crippen LogP contribution in [0.1, 0.15) is 31.0 Å². The number of anilines is 2. The first-order chi connectivity index (χ1) is 16.6. The summed E-state index contributed by atoms with van der Waals surface area (Å²) in [4.78, 5) is 14.7. The number of nitrogens with one attached hydrogen (secondary N) is 1. The average molecular weight is 472 g/mol. The lowest BCUT2D eigenvalue weighted by atomic mass is 9.96. The Morgan fingerprint density at radius 3 is 2.12 bits per heavy atom. The van der Waals surface area contributed by atoms with E-state index in [0.717, 1.165) is 53.9 Å². The summed E-state index contributed by atoms with van der Waals surface area (Å²) in [6.07, 6.45) is 0. The predicted octanol–water partition coefficient (Wildman–Crippen LogP) is 6.02. The van der Waals surface area contributed by atoms with Crippen molar-refractivity contribution in [3.63, 3.8) is 0 Å². The van der Waals surface area contributed by atoms with E-state index in [1.165, 1.54) is 11.1 Å². The average Bonchev–Trinajstić information content (AvgIpc) is 2.86. The molecule has 0 aliphatic carbocycles. The van der Waals surface area contributed by atoms with E-state index in [1.807, 2.05) is 24.3 Å². The van der Waals surface area contributed by atoms with E-state index in [4.69, 9.17) is 21.6 Å². The van der Waals surface area contributed by atoms with E-state index >= 15 is 0 Å². The van der Waals surface area contributed by atoms with Crippen LogP contribution in [0.15, 0.2) is 78.9 Å². The second-order valence-electron chi connectivity index (χ2n) is 9.08. The van der Waals surface area contributed by atoms with Crippen LogP contribution in [0.25, 0.3) is 10.9 Å². The summed E-state index contributed by atoms with van der Waals surface area (Å²) in [7, 11) is 0. The summed E-state index contributed by atoms with van der Waals surface area (Å²) in [5.74, 6) is 1.70. The minimum atomic E-state index is 0.191. The topological polar surface area (TPSA) is 44.3 Å². The fourth-order valence-corrected chi connectivity index (χ4v) is 4.79. The molecule has 0 bridgehead atoms. The number of halogens is 1. The summed E-state index contributed by atoms with van der Waals surface area (Å²) >= 11 is 6.18. The summed E-state index contributed by atoms with van der Waals surface area (Å²) in [5.41, 5.74) is 3.53. The quantitative estimate of drug-likeness (QED) is 0.372. The Morgan fingerprint density at radius 2 is 1.41 bits per heavy atom. The van der Waals surface area contributed by atoms with Gasteiger partial charge < -0.3 is 10.2 Å². The molecule has 1 aromatic heterocycles. The number of piperazine rings is 1. The Hall–Kier alpha value is -3.15. The largest absolute Gasteiger partial charge is 0.367 e. The van der Waals surface area contributed by atoms with Crippen molar-refractivity contribution in [1.29, 1.82) is 0 Å². The molecule has 5 nitrogen and oxygen atoms in total. The smallest absolute Gasteiger partial charge is 0.227 e. The van der Waals surface area contributed by atoms with Gasteiger partial charge in [-0.05, 0) is 49.2 Å². The number of fused-ring (bicyclic) bond motifs is 1. The molecule has 0 radical (unpaired) electrons. The maximum absolute atomic E-state index is 6.18. The van der Waals surface area contributed by atoms with E-state index in [9.17, 15) is 0 Å². The van der Waals surface area contributed by atoms with Crippen LogP contribution >= 0.6 is 11.6 Å². The van der Waals surface area contributed by atoms with Crippen molar-refractivity contribution < 1.29 is 0 Å². The molecule has 5 rings (SSSR count). The maximum atomic E-state index is 6.18. The third-order valence-electron chi connectivity index (χ3n) is 6.28. The zero-order chi connectivity index (χ0) is 23.5. The molecule has 1 aliphatic heterocycles. The summed E-state index contributed by atoms with van der Waals surface area (Å²) < 4.78 is 0. The highest BCUT2D eigenvalue weighted by molar-refractivity contribution is 6.30. The third-order valence-corrected chi connectivity index (χ3v) is 6.53. The van der Waals surface area contributed by atoms with E-state index in [1.54, 1.807) is 0 Å². The number of hydrogen-bond acceptors (Lipinski definition) is 5. The normalized spacial score (nSPS) is 15.6. The summed E-state index contributed by atoms with van der Waals surface area (Å²) in [5, 5.41) is 5.33. The Labute approximate surface area is 206 Å². The van der Waals surface area contributed by atoms with Crippen molar-refractivity contribution in [2.24, 2.45) is 0 Å². The van der Waals surface area contributed by atoms with Gasteiger partial charge in [-0.3, -0.25) is 4.90 Å². The van der Waals surface area contributed by atoms with Crippen LogP contribution in [0.2, 0.25) is 5.02 Å². The van der Waals surface area contributed by atoms with E-state index in [0.29, 0.717) is 6.04 Å². The van der Waals surface area contributed by atoms with Crippen molar-refractivity contribution in [2.75, 3.05) is 36.4 Å². The minimum Gasteiger partial charge on any atom is -0.367 e. The minimum absolute atomic E-state index is 0.191. The van der Waals surface area contributed by atoms with Crippen molar-refractivity contribution in [3.05, 3.63) is 95.0 Å². The first kappa shape index (κ1) is 22.6. The fourth-order valence-electron chi connectivity index (χ4n) is 4.66. The number of aromatic nitrogens is 2. The monoisotopic (exact) mass is 471 g/mol. The van der Waals surface area contributed by atoms with Crippen molar-refractivity contribution in [3.8, 4) is 0 Å². The molecule has 0 saturated carbocycles. The lowest BCUT2D eigenvalue weighted by Crippen LogP contribution is -2.48. The van der Waals surface area contributed by atoms with Gasteiger partial charge in [-0.2, -0.15) is 4.98 Å². The standard InChI is InChI=1S/C28H30ClN5/c1-20(2)30-27-24-10-6-7-11-25(24)31-28(32-27)34-18-16-33(17-19-34)26(21-8-4-3-5-9-21)22-12-14-23(29)15-13-22/h3-15,20,26H,16-19H2,1-2H3,(H,30,31,32). The van der Waals surface area contributed by atoms with Gasteiger partial charge >= 0.3 is 0 Å². The molecule has 3 aromatic carbocycles. The zero-order valence-electron chi connectivity index (χ0n) is 19.7. The van der Waals surface area contributed by atoms with E-state index in [-0.39, 0.29) is 6.04 Å². The Morgan fingerprint density at radius 1 is 0.765 bits per heavy atom. The van der Waals surface area contributed by atoms with E-state index in [2.05, 4.69) is 83.6 Å². The van der Waals surface area contributed by atoms with Gasteiger partial charge in [-0.1, -0.05) is 66.2 Å². The molecule has 1 N–H and O–H groups in total. The molecule has 1 aliphatic rings. The molecule has 4 aromatic rings. The van der Waals surface area contributed by atoms with Crippen LogP contribution in [0.4, 0.5) is 11.8 Å². The Kier molecular flexibility index (Phi) is 6.66. The van der Waals surface area contributed by atoms with Gasteiger partial charge in [0.2, 0.25) is 5.95 Å². The lowest BCUT2D eigenvalue weighted by molar-refractivity contribution is 0.211. The Bertz CT molecular complexity index is 1230. The number of nitrogens with zero attached hydrogens (tertiary/aromatic N) is 4. The number of benzene rings is 3. The first-order valence-electron chi connectivity index (χ1n) is 11.9. The molecular formula is C28H30ClN5. The molecule has 174 valence electrons. The SMILES string of the molecule is CC(C)Nc1nc(N2CCN(C(c3ccccc3)c3ccc(Cl)cc3)CC2)nc2ccccc12. The molecular weight excluding hydrogens is 442 g/mol. The summed E-state index contributed by atoms with van der Waals surface area (Å²) in [6, 6.07) is 27.7. The van der Waals surface area contributed by atoms with Gasteiger partial charge in [0.05, 0.1) is 11.6 Å². The van der Waals surface area contributed by atoms with Gasteiger partial charge in [0.1, 0.15) is 5.82 Å². The molecule has 1 unspecified atom stereocenters. The van der Waals surface area contributed by atoms with Crippen LogP contribution in [-0.4, -0.2) is 47.1 Å². The Balaban J connectivity index is 1.40. The van der Waals surface area contributed by atoms with Crippen LogP contribution < -0.4 is 10.2 Å². The van der Waals surface area contributed by atoms with E-state index < -0.39 is 0 Å². The van der Waals surface area contributed by atoms with Gasteiger partial charge in [0.25, 0.3) is 0 Å². The van der Waals surface area contributed by atoms with Crippen LogP contribution in [0.5, 0.6) is 0 Å². The van der Waals surface area contributed by atoms with Crippen LogP contribution in [0.3, 0.4) is 0 Å². The van der Waals surface area contributed by atoms with Crippen molar-refractivity contribution in [1.82, 2.24) is 14.9 Å². The molecule has 0 amide bonds. The second-order valence-corrected chi connectivity index (χ2v) is 9.51. The predicted molar refractivity (Wildman–Crippen MR) is 142 cm³/mol. The molecule has 1 fully saturated rings. The van der Waals surface area contributed by atoms with Gasteiger partial charge in [0.15, 0.2) is 0 Å². The zero-order valence-corrected chi connectivity index (χ0v) is 20.4. The van der Waals surface area contributed by atoms with Gasteiger partial charge in [-0.15, -0.1) is 0 Å². The van der Waals surface area contributed by atoms with Crippen LogP contribution in [-0.2, 0) is 0 Å². The second kappa shape index (κ2) is 10.00.